The van der Waals surface area contributed by atoms with Gasteiger partial charge in [0.2, 0.25) is 0 Å². The molecular weight excluding hydrogens is 362 g/mol. The summed E-state index contributed by atoms with van der Waals surface area (Å²) in [4.78, 5) is 14.1. The summed E-state index contributed by atoms with van der Waals surface area (Å²) in [5.41, 5.74) is 4.37. The third-order valence-electron chi connectivity index (χ3n) is 5.59. The molecule has 1 atom stereocenters. The average molecular weight is 387 g/mol. The Morgan fingerprint density at radius 3 is 2.03 bits per heavy atom. The van der Waals surface area contributed by atoms with E-state index in [1.807, 2.05) is 54.6 Å². The Labute approximate surface area is 171 Å². The zero-order chi connectivity index (χ0) is 20.4. The molecule has 4 rings (SSSR count). The summed E-state index contributed by atoms with van der Waals surface area (Å²) in [5, 5.41) is 10.8. The molecule has 148 valence electrons. The first-order chi connectivity index (χ1) is 14.0. The molecule has 0 spiro atoms. The quantitative estimate of drug-likeness (QED) is 0.686. The van der Waals surface area contributed by atoms with Gasteiger partial charge in [0.15, 0.2) is 0 Å². The molecule has 1 aliphatic carbocycles. The molecular formula is C25H25NO3. The summed E-state index contributed by atoms with van der Waals surface area (Å²) in [6, 6.07) is 25.9. The molecule has 29 heavy (non-hydrogen) atoms. The summed E-state index contributed by atoms with van der Waals surface area (Å²) in [5.74, 6) is 0.0226. The largest absolute Gasteiger partial charge is 0.448 e. The van der Waals surface area contributed by atoms with E-state index in [0.29, 0.717) is 0 Å². The molecule has 0 aromatic heterocycles. The zero-order valence-corrected chi connectivity index (χ0v) is 16.7. The first-order valence-electron chi connectivity index (χ1n) is 9.81. The van der Waals surface area contributed by atoms with Crippen molar-refractivity contribution in [3.8, 4) is 11.1 Å². The maximum absolute atomic E-state index is 12.6. The first kappa shape index (κ1) is 19.2. The number of carbonyl (C=O) groups is 1. The molecule has 1 aliphatic rings. The SMILES string of the molecule is CN(CC(C)(O)c1ccccc1)C(=O)OCC1c2ccccc2-c2ccccc21. The van der Waals surface area contributed by atoms with Crippen molar-refractivity contribution < 1.29 is 14.6 Å². The van der Waals surface area contributed by atoms with Crippen LogP contribution in [0.4, 0.5) is 4.79 Å². The minimum atomic E-state index is -1.15. The van der Waals surface area contributed by atoms with Crippen LogP contribution < -0.4 is 0 Å². The highest BCUT2D eigenvalue weighted by molar-refractivity contribution is 5.79. The lowest BCUT2D eigenvalue weighted by Crippen LogP contribution is -2.40. The summed E-state index contributed by atoms with van der Waals surface area (Å²) in [7, 11) is 1.65. The number of nitrogens with zero attached hydrogens (tertiary/aromatic N) is 1. The molecule has 0 aliphatic heterocycles. The second-order valence-electron chi connectivity index (χ2n) is 7.80. The molecule has 4 heteroatoms. The van der Waals surface area contributed by atoms with Crippen molar-refractivity contribution in [2.75, 3.05) is 20.2 Å². The zero-order valence-electron chi connectivity index (χ0n) is 16.7. The molecule has 1 N–H and O–H groups in total. The third kappa shape index (κ3) is 3.76. The van der Waals surface area contributed by atoms with Gasteiger partial charge in [-0.1, -0.05) is 78.9 Å². The molecule has 0 saturated heterocycles. The van der Waals surface area contributed by atoms with Crippen LogP contribution in [0.1, 0.15) is 29.5 Å². The van der Waals surface area contributed by atoms with E-state index in [-0.39, 0.29) is 19.1 Å². The molecule has 1 amide bonds. The number of fused-ring (bicyclic) bond motifs is 3. The normalized spacial score (nSPS) is 14.6. The van der Waals surface area contributed by atoms with E-state index in [0.717, 1.165) is 5.56 Å². The van der Waals surface area contributed by atoms with Gasteiger partial charge in [-0.05, 0) is 34.7 Å². The van der Waals surface area contributed by atoms with Crippen LogP contribution in [-0.2, 0) is 10.3 Å². The van der Waals surface area contributed by atoms with Crippen LogP contribution in [0.3, 0.4) is 0 Å². The summed E-state index contributed by atoms with van der Waals surface area (Å²) >= 11 is 0. The van der Waals surface area contributed by atoms with E-state index in [4.69, 9.17) is 4.74 Å². The maximum Gasteiger partial charge on any atom is 0.409 e. The Balaban J connectivity index is 1.45. The van der Waals surface area contributed by atoms with Gasteiger partial charge in [-0.2, -0.15) is 0 Å². The van der Waals surface area contributed by atoms with Gasteiger partial charge >= 0.3 is 6.09 Å². The Bertz CT molecular complexity index is 968. The van der Waals surface area contributed by atoms with Crippen LogP contribution in [0, 0.1) is 0 Å². The number of hydrogen-bond donors (Lipinski definition) is 1. The lowest BCUT2D eigenvalue weighted by atomic mass is 9.96. The lowest BCUT2D eigenvalue weighted by Gasteiger charge is -2.29. The average Bonchev–Trinajstić information content (AvgIpc) is 3.06. The number of amides is 1. The predicted molar refractivity (Wildman–Crippen MR) is 114 cm³/mol. The minimum absolute atomic E-state index is 0.0226. The van der Waals surface area contributed by atoms with E-state index in [1.165, 1.54) is 27.2 Å². The van der Waals surface area contributed by atoms with E-state index >= 15 is 0 Å². The van der Waals surface area contributed by atoms with Gasteiger partial charge in [0.1, 0.15) is 12.2 Å². The Morgan fingerprint density at radius 1 is 0.931 bits per heavy atom. The highest BCUT2D eigenvalue weighted by Gasteiger charge is 2.31. The number of carbonyl (C=O) groups excluding carboxylic acids is 1. The number of aliphatic hydroxyl groups is 1. The van der Waals surface area contributed by atoms with Crippen LogP contribution in [0.2, 0.25) is 0 Å². The van der Waals surface area contributed by atoms with E-state index in [1.54, 1.807) is 14.0 Å². The van der Waals surface area contributed by atoms with Crippen LogP contribution in [-0.4, -0.2) is 36.3 Å². The van der Waals surface area contributed by atoms with Gasteiger partial charge in [-0.15, -0.1) is 0 Å². The van der Waals surface area contributed by atoms with Crippen molar-refractivity contribution >= 4 is 6.09 Å². The number of ether oxygens (including phenoxy) is 1. The van der Waals surface area contributed by atoms with Gasteiger partial charge in [0.25, 0.3) is 0 Å². The maximum atomic E-state index is 12.6. The summed E-state index contributed by atoms with van der Waals surface area (Å²) < 4.78 is 5.66. The molecule has 1 unspecified atom stereocenters. The standard InChI is InChI=1S/C25H25NO3/c1-25(28,18-10-4-3-5-11-18)17-26(2)24(27)29-16-23-21-14-8-6-12-19(21)20-13-7-9-15-22(20)23/h3-15,23,28H,16-17H2,1-2H3. The molecule has 0 fully saturated rings. The Hall–Kier alpha value is -3.11. The highest BCUT2D eigenvalue weighted by atomic mass is 16.6. The van der Waals surface area contributed by atoms with Crippen LogP contribution in [0.5, 0.6) is 0 Å². The van der Waals surface area contributed by atoms with E-state index in [9.17, 15) is 9.90 Å². The molecule has 0 saturated carbocycles. The summed E-state index contributed by atoms with van der Waals surface area (Å²) in [6.07, 6.45) is -0.442. The number of benzene rings is 3. The Morgan fingerprint density at radius 2 is 1.45 bits per heavy atom. The first-order valence-corrected chi connectivity index (χ1v) is 9.81. The number of likely N-dealkylation sites (N-methyl/N-ethyl adjacent to an activating group) is 1. The van der Waals surface area contributed by atoms with Crippen molar-refractivity contribution in [1.29, 1.82) is 0 Å². The second-order valence-corrected chi connectivity index (χ2v) is 7.80. The topological polar surface area (TPSA) is 49.8 Å². The Kier molecular flexibility index (Phi) is 5.12. The van der Waals surface area contributed by atoms with Crippen LogP contribution >= 0.6 is 0 Å². The van der Waals surface area contributed by atoms with Crippen LogP contribution in [0.25, 0.3) is 11.1 Å². The molecule has 3 aromatic carbocycles. The van der Waals surface area contributed by atoms with Gasteiger partial charge in [-0.3, -0.25) is 0 Å². The molecule has 3 aromatic rings. The van der Waals surface area contributed by atoms with Crippen LogP contribution in [0.15, 0.2) is 78.9 Å². The third-order valence-corrected chi connectivity index (χ3v) is 5.59. The molecule has 0 bridgehead atoms. The number of rotatable bonds is 5. The second kappa shape index (κ2) is 7.72. The fourth-order valence-corrected chi connectivity index (χ4v) is 4.12. The highest BCUT2D eigenvalue weighted by Crippen LogP contribution is 2.44. The molecule has 0 heterocycles. The molecule has 0 radical (unpaired) electrons. The summed E-state index contributed by atoms with van der Waals surface area (Å²) in [6.45, 7) is 2.12. The smallest absolute Gasteiger partial charge is 0.409 e. The van der Waals surface area contributed by atoms with Gasteiger partial charge in [0, 0.05) is 13.0 Å². The minimum Gasteiger partial charge on any atom is -0.448 e. The fraction of sp³-hybridized carbons (Fsp3) is 0.240. The number of hydrogen-bond acceptors (Lipinski definition) is 3. The van der Waals surface area contributed by atoms with Crippen molar-refractivity contribution in [1.82, 2.24) is 4.90 Å². The fourth-order valence-electron chi connectivity index (χ4n) is 4.12. The monoisotopic (exact) mass is 387 g/mol. The van der Waals surface area contributed by atoms with Crippen molar-refractivity contribution in [2.24, 2.45) is 0 Å². The van der Waals surface area contributed by atoms with E-state index in [2.05, 4.69) is 24.3 Å². The van der Waals surface area contributed by atoms with Gasteiger partial charge in [-0.25, -0.2) is 4.79 Å². The van der Waals surface area contributed by atoms with E-state index < -0.39 is 11.7 Å². The predicted octanol–water partition coefficient (Wildman–Crippen LogP) is 4.78. The van der Waals surface area contributed by atoms with Crippen molar-refractivity contribution in [3.63, 3.8) is 0 Å². The van der Waals surface area contributed by atoms with Gasteiger partial charge < -0.3 is 14.7 Å². The van der Waals surface area contributed by atoms with Crippen molar-refractivity contribution in [3.05, 3.63) is 95.6 Å². The van der Waals surface area contributed by atoms with Gasteiger partial charge in [0.05, 0.1) is 6.54 Å². The molecule has 4 nitrogen and oxygen atoms in total. The van der Waals surface area contributed by atoms with Crippen molar-refractivity contribution in [2.45, 2.75) is 18.4 Å². The lowest BCUT2D eigenvalue weighted by molar-refractivity contribution is 0.0181.